The SMILES string of the molecule is O=S(=O)(Nc1cc(F)c(F)cc1F)c1ccc(Cl)c(Br)c1. The van der Waals surface area contributed by atoms with Gasteiger partial charge in [-0.25, -0.2) is 21.6 Å². The largest absolute Gasteiger partial charge is 0.277 e. The van der Waals surface area contributed by atoms with Crippen LogP contribution in [-0.2, 0) is 10.0 Å². The van der Waals surface area contributed by atoms with Gasteiger partial charge in [-0.2, -0.15) is 0 Å². The van der Waals surface area contributed by atoms with Gasteiger partial charge in [0, 0.05) is 16.6 Å². The monoisotopic (exact) mass is 399 g/mol. The van der Waals surface area contributed by atoms with E-state index in [1.165, 1.54) is 18.2 Å². The maximum absolute atomic E-state index is 13.5. The Labute approximate surface area is 131 Å². The molecule has 9 heteroatoms. The maximum Gasteiger partial charge on any atom is 0.262 e. The third-order valence-corrected chi connectivity index (χ3v) is 5.03. The Kier molecular flexibility index (Phi) is 4.50. The number of anilines is 1. The number of nitrogens with one attached hydrogen (secondary N) is 1. The summed E-state index contributed by atoms with van der Waals surface area (Å²) in [6.07, 6.45) is 0. The molecule has 2 aromatic carbocycles. The zero-order valence-electron chi connectivity index (χ0n) is 10.0. The summed E-state index contributed by atoms with van der Waals surface area (Å²) in [5.74, 6) is -4.01. The molecule has 0 radical (unpaired) electrons. The fourth-order valence-corrected chi connectivity index (χ4v) is 3.18. The standard InChI is InChI=1S/C12H6BrClF3NO2S/c13-7-3-6(1-2-8(7)14)21(19,20)18-12-5-10(16)9(15)4-11(12)17/h1-5,18H. The van der Waals surface area contributed by atoms with Gasteiger partial charge in [-0.3, -0.25) is 4.72 Å². The molecule has 0 saturated carbocycles. The van der Waals surface area contributed by atoms with E-state index in [1.807, 2.05) is 4.72 Å². The lowest BCUT2D eigenvalue weighted by atomic mass is 10.3. The summed E-state index contributed by atoms with van der Waals surface area (Å²) in [6, 6.07) is 4.38. The highest BCUT2D eigenvalue weighted by Gasteiger charge is 2.19. The van der Waals surface area contributed by atoms with Gasteiger partial charge in [0.05, 0.1) is 15.6 Å². The van der Waals surface area contributed by atoms with Crippen molar-refractivity contribution < 1.29 is 21.6 Å². The van der Waals surface area contributed by atoms with Gasteiger partial charge in [0.15, 0.2) is 11.6 Å². The maximum atomic E-state index is 13.5. The van der Waals surface area contributed by atoms with E-state index in [2.05, 4.69) is 15.9 Å². The molecule has 3 nitrogen and oxygen atoms in total. The second-order valence-corrected chi connectivity index (χ2v) is 6.87. The van der Waals surface area contributed by atoms with E-state index < -0.39 is 33.2 Å². The Bertz CT molecular complexity index is 814. The van der Waals surface area contributed by atoms with Crippen LogP contribution in [0.5, 0.6) is 0 Å². The summed E-state index contributed by atoms with van der Waals surface area (Å²) in [6.45, 7) is 0. The molecule has 0 aliphatic rings. The molecule has 2 rings (SSSR count). The Morgan fingerprint density at radius 1 is 1.00 bits per heavy atom. The molecule has 0 atom stereocenters. The van der Waals surface area contributed by atoms with Crippen LogP contribution in [0.3, 0.4) is 0 Å². The summed E-state index contributed by atoms with van der Waals surface area (Å²) in [4.78, 5) is -0.220. The van der Waals surface area contributed by atoms with E-state index in [0.717, 1.165) is 0 Å². The van der Waals surface area contributed by atoms with Gasteiger partial charge in [0.2, 0.25) is 0 Å². The van der Waals surface area contributed by atoms with Crippen LogP contribution < -0.4 is 4.72 Å². The molecule has 2 aromatic rings. The highest BCUT2D eigenvalue weighted by molar-refractivity contribution is 9.10. The molecule has 0 aliphatic carbocycles. The zero-order valence-corrected chi connectivity index (χ0v) is 13.2. The Morgan fingerprint density at radius 3 is 2.24 bits per heavy atom. The molecule has 0 aromatic heterocycles. The smallest absolute Gasteiger partial charge is 0.262 e. The van der Waals surface area contributed by atoms with Crippen LogP contribution in [0.4, 0.5) is 18.9 Å². The van der Waals surface area contributed by atoms with E-state index in [0.29, 0.717) is 10.5 Å². The molecule has 0 heterocycles. The van der Waals surface area contributed by atoms with Crippen LogP contribution in [0.1, 0.15) is 0 Å². The lowest BCUT2D eigenvalue weighted by Crippen LogP contribution is -2.14. The second-order valence-electron chi connectivity index (χ2n) is 3.93. The molecule has 0 aliphatic heterocycles. The molecule has 1 N–H and O–H groups in total. The lowest BCUT2D eigenvalue weighted by molar-refractivity contribution is 0.496. The van der Waals surface area contributed by atoms with Crippen LogP contribution in [0.15, 0.2) is 39.7 Å². The van der Waals surface area contributed by atoms with Crippen LogP contribution in [0.2, 0.25) is 5.02 Å². The summed E-state index contributed by atoms with van der Waals surface area (Å²) in [5, 5.41) is 0.285. The minimum Gasteiger partial charge on any atom is -0.277 e. The molecule has 21 heavy (non-hydrogen) atoms. The van der Waals surface area contributed by atoms with Crippen molar-refractivity contribution in [2.75, 3.05) is 4.72 Å². The summed E-state index contributed by atoms with van der Waals surface area (Å²) < 4.78 is 65.6. The number of hydrogen-bond donors (Lipinski definition) is 1. The Balaban J connectivity index is 2.42. The number of rotatable bonds is 3. The molecule has 0 fully saturated rings. The van der Waals surface area contributed by atoms with Crippen molar-refractivity contribution in [3.8, 4) is 0 Å². The van der Waals surface area contributed by atoms with E-state index in [1.54, 1.807) is 0 Å². The van der Waals surface area contributed by atoms with Crippen molar-refractivity contribution >= 4 is 43.2 Å². The van der Waals surface area contributed by atoms with Gasteiger partial charge in [-0.05, 0) is 34.1 Å². The fraction of sp³-hybridized carbons (Fsp3) is 0. The van der Waals surface area contributed by atoms with E-state index in [-0.39, 0.29) is 16.0 Å². The highest BCUT2D eigenvalue weighted by Crippen LogP contribution is 2.27. The first-order valence-corrected chi connectivity index (χ1v) is 7.98. The molecular formula is C12H6BrClF3NO2S. The van der Waals surface area contributed by atoms with Crippen LogP contribution in [0, 0.1) is 17.5 Å². The van der Waals surface area contributed by atoms with Crippen LogP contribution >= 0.6 is 27.5 Å². The normalized spacial score (nSPS) is 11.5. The summed E-state index contributed by atoms with van der Waals surface area (Å²) >= 11 is 8.79. The molecule has 0 spiro atoms. The minimum atomic E-state index is -4.17. The van der Waals surface area contributed by atoms with Crippen molar-refractivity contribution in [1.82, 2.24) is 0 Å². The van der Waals surface area contributed by atoms with Gasteiger partial charge in [0.25, 0.3) is 10.0 Å². The fourth-order valence-electron chi connectivity index (χ4n) is 1.45. The predicted octanol–water partition coefficient (Wildman–Crippen LogP) is 4.32. The van der Waals surface area contributed by atoms with E-state index in [9.17, 15) is 21.6 Å². The van der Waals surface area contributed by atoms with Crippen molar-refractivity contribution in [1.29, 1.82) is 0 Å². The molecule has 0 bridgehead atoms. The average molecular weight is 401 g/mol. The lowest BCUT2D eigenvalue weighted by Gasteiger charge is -2.10. The Morgan fingerprint density at radius 2 is 1.62 bits per heavy atom. The number of hydrogen-bond acceptors (Lipinski definition) is 2. The first-order chi connectivity index (χ1) is 9.70. The quantitative estimate of drug-likeness (QED) is 0.780. The topological polar surface area (TPSA) is 46.2 Å². The molecule has 0 unspecified atom stereocenters. The molecule has 0 saturated heterocycles. The summed E-state index contributed by atoms with van der Waals surface area (Å²) in [7, 11) is -4.17. The molecular weight excluding hydrogens is 395 g/mol. The average Bonchev–Trinajstić information content (AvgIpc) is 2.39. The Hall–Kier alpha value is -1.25. The van der Waals surface area contributed by atoms with Crippen molar-refractivity contribution in [2.45, 2.75) is 4.90 Å². The predicted molar refractivity (Wildman–Crippen MR) is 76.3 cm³/mol. The van der Waals surface area contributed by atoms with Gasteiger partial charge in [0.1, 0.15) is 5.82 Å². The molecule has 0 amide bonds. The highest BCUT2D eigenvalue weighted by atomic mass is 79.9. The first kappa shape index (κ1) is 16.1. The third kappa shape index (κ3) is 3.50. The third-order valence-electron chi connectivity index (χ3n) is 2.46. The van der Waals surface area contributed by atoms with E-state index in [4.69, 9.17) is 11.6 Å². The minimum absolute atomic E-state index is 0.220. The number of benzene rings is 2. The number of halogens is 5. The van der Waals surface area contributed by atoms with Gasteiger partial charge in [-0.15, -0.1) is 0 Å². The zero-order chi connectivity index (χ0) is 15.8. The van der Waals surface area contributed by atoms with Crippen LogP contribution in [-0.4, -0.2) is 8.42 Å². The van der Waals surface area contributed by atoms with Crippen molar-refractivity contribution in [2.24, 2.45) is 0 Å². The van der Waals surface area contributed by atoms with Crippen molar-refractivity contribution in [3.05, 3.63) is 57.3 Å². The van der Waals surface area contributed by atoms with Gasteiger partial charge >= 0.3 is 0 Å². The van der Waals surface area contributed by atoms with Gasteiger partial charge in [-0.1, -0.05) is 11.6 Å². The first-order valence-electron chi connectivity index (χ1n) is 5.33. The van der Waals surface area contributed by atoms with Crippen LogP contribution in [0.25, 0.3) is 0 Å². The van der Waals surface area contributed by atoms with E-state index >= 15 is 0 Å². The molecule has 112 valence electrons. The van der Waals surface area contributed by atoms with Crippen molar-refractivity contribution in [3.63, 3.8) is 0 Å². The second kappa shape index (κ2) is 5.86. The van der Waals surface area contributed by atoms with Gasteiger partial charge < -0.3 is 0 Å². The summed E-state index contributed by atoms with van der Waals surface area (Å²) in [5.41, 5.74) is -0.694. The number of sulfonamides is 1.